The van der Waals surface area contributed by atoms with E-state index in [1.54, 1.807) is 0 Å². The number of hydrogen-bond donors (Lipinski definition) is 1. The summed E-state index contributed by atoms with van der Waals surface area (Å²) in [5.74, 6) is 1.60. The van der Waals surface area contributed by atoms with E-state index in [-0.39, 0.29) is 6.61 Å². The quantitative estimate of drug-likeness (QED) is 0.640. The van der Waals surface area contributed by atoms with Crippen LogP contribution in [0.15, 0.2) is 42.5 Å². The lowest BCUT2D eigenvalue weighted by Crippen LogP contribution is -2.07. The fraction of sp³-hybridized carbons (Fsp3) is 0.455. The monoisotopic (exact) mass is 326 g/mol. The van der Waals surface area contributed by atoms with Crippen molar-refractivity contribution in [3.05, 3.63) is 64.7 Å². The van der Waals surface area contributed by atoms with E-state index in [0.717, 1.165) is 30.8 Å². The van der Waals surface area contributed by atoms with Gasteiger partial charge in [-0.3, -0.25) is 0 Å². The molecule has 0 spiro atoms. The number of rotatable bonds is 9. The second-order valence-corrected chi connectivity index (χ2v) is 6.69. The molecule has 0 radical (unpaired) electrons. The van der Waals surface area contributed by atoms with E-state index in [2.05, 4.69) is 39.0 Å². The Hall–Kier alpha value is -1.80. The highest BCUT2D eigenvalue weighted by Crippen LogP contribution is 2.20. The topological polar surface area (TPSA) is 29.5 Å². The van der Waals surface area contributed by atoms with E-state index in [1.165, 1.54) is 29.5 Å². The summed E-state index contributed by atoms with van der Waals surface area (Å²) in [4.78, 5) is 0. The molecule has 24 heavy (non-hydrogen) atoms. The van der Waals surface area contributed by atoms with Crippen LogP contribution in [0.1, 0.15) is 48.4 Å². The zero-order valence-corrected chi connectivity index (χ0v) is 15.2. The Morgan fingerprint density at radius 3 is 2.29 bits per heavy atom. The maximum absolute atomic E-state index is 9.04. The molecule has 2 heteroatoms. The molecule has 0 fully saturated rings. The van der Waals surface area contributed by atoms with Crippen molar-refractivity contribution >= 4 is 0 Å². The predicted octanol–water partition coefficient (Wildman–Crippen LogP) is 5.22. The van der Waals surface area contributed by atoms with Crippen molar-refractivity contribution in [3.8, 4) is 5.75 Å². The average molecular weight is 326 g/mol. The van der Waals surface area contributed by atoms with Crippen LogP contribution in [-0.2, 0) is 13.0 Å². The lowest BCUT2D eigenvalue weighted by molar-refractivity contribution is 0.279. The number of aryl methyl sites for hydroxylation is 2. The summed E-state index contributed by atoms with van der Waals surface area (Å²) in [5.41, 5.74) is 5.12. The Morgan fingerprint density at radius 1 is 0.958 bits per heavy atom. The molecule has 0 aliphatic heterocycles. The number of ether oxygens (including phenoxy) is 1. The molecule has 0 saturated carbocycles. The van der Waals surface area contributed by atoms with Crippen LogP contribution in [0.4, 0.5) is 0 Å². The first-order chi connectivity index (χ1) is 11.6. The summed E-state index contributed by atoms with van der Waals surface area (Å²) >= 11 is 0. The van der Waals surface area contributed by atoms with Gasteiger partial charge >= 0.3 is 0 Å². The second-order valence-electron chi connectivity index (χ2n) is 6.69. The molecule has 0 unspecified atom stereocenters. The minimum Gasteiger partial charge on any atom is -0.494 e. The molecule has 1 atom stereocenters. The largest absolute Gasteiger partial charge is 0.494 e. The van der Waals surface area contributed by atoms with Gasteiger partial charge in [0.05, 0.1) is 13.2 Å². The molecular weight excluding hydrogens is 296 g/mol. The van der Waals surface area contributed by atoms with Gasteiger partial charge in [-0.05, 0) is 73.4 Å². The van der Waals surface area contributed by atoms with Crippen molar-refractivity contribution in [2.45, 2.75) is 53.1 Å². The summed E-state index contributed by atoms with van der Waals surface area (Å²) in [7, 11) is 0. The number of hydrogen-bond acceptors (Lipinski definition) is 2. The van der Waals surface area contributed by atoms with Crippen LogP contribution in [0.5, 0.6) is 5.75 Å². The van der Waals surface area contributed by atoms with E-state index in [4.69, 9.17) is 9.84 Å². The van der Waals surface area contributed by atoms with Crippen LogP contribution in [0.25, 0.3) is 0 Å². The van der Waals surface area contributed by atoms with E-state index >= 15 is 0 Å². The van der Waals surface area contributed by atoms with Crippen molar-refractivity contribution in [2.75, 3.05) is 6.61 Å². The van der Waals surface area contributed by atoms with Crippen molar-refractivity contribution in [1.29, 1.82) is 0 Å². The van der Waals surface area contributed by atoms with Crippen LogP contribution in [0.2, 0.25) is 0 Å². The molecule has 0 amide bonds. The van der Waals surface area contributed by atoms with Gasteiger partial charge in [-0.2, -0.15) is 0 Å². The smallest absolute Gasteiger partial charge is 0.119 e. The second kappa shape index (κ2) is 9.48. The number of aliphatic hydroxyl groups is 1. The van der Waals surface area contributed by atoms with E-state index in [9.17, 15) is 0 Å². The maximum atomic E-state index is 9.04. The SMILES string of the molecule is CC[C@@H](CCCOc1ccc(CO)cc1)Cc1ccc(C)c(C)c1. The fourth-order valence-electron chi connectivity index (χ4n) is 2.97. The van der Waals surface area contributed by atoms with Gasteiger partial charge in [0, 0.05) is 0 Å². The molecule has 1 N–H and O–H groups in total. The summed E-state index contributed by atoms with van der Waals surface area (Å²) in [6.07, 6.45) is 4.63. The van der Waals surface area contributed by atoms with Gasteiger partial charge in [0.1, 0.15) is 5.75 Å². The molecule has 2 rings (SSSR count). The van der Waals surface area contributed by atoms with Gasteiger partial charge in [0.2, 0.25) is 0 Å². The fourth-order valence-corrected chi connectivity index (χ4v) is 2.97. The Balaban J connectivity index is 1.75. The molecule has 2 nitrogen and oxygen atoms in total. The highest BCUT2D eigenvalue weighted by Gasteiger charge is 2.08. The normalized spacial score (nSPS) is 12.2. The first-order valence-electron chi connectivity index (χ1n) is 9.01. The Labute approximate surface area is 146 Å². The van der Waals surface area contributed by atoms with Crippen LogP contribution in [-0.4, -0.2) is 11.7 Å². The number of aliphatic hydroxyl groups excluding tert-OH is 1. The zero-order valence-electron chi connectivity index (χ0n) is 15.2. The van der Waals surface area contributed by atoms with Crippen molar-refractivity contribution in [1.82, 2.24) is 0 Å². The van der Waals surface area contributed by atoms with Gasteiger partial charge in [0.25, 0.3) is 0 Å². The Kier molecular flexibility index (Phi) is 7.33. The van der Waals surface area contributed by atoms with Gasteiger partial charge in [-0.1, -0.05) is 43.7 Å². The molecule has 0 aromatic heterocycles. The van der Waals surface area contributed by atoms with Crippen molar-refractivity contribution in [3.63, 3.8) is 0 Å². The van der Waals surface area contributed by atoms with Crippen LogP contribution in [0, 0.1) is 19.8 Å². The van der Waals surface area contributed by atoms with Gasteiger partial charge in [-0.15, -0.1) is 0 Å². The van der Waals surface area contributed by atoms with Crippen LogP contribution >= 0.6 is 0 Å². The molecule has 0 saturated heterocycles. The summed E-state index contributed by atoms with van der Waals surface area (Å²) in [6, 6.07) is 14.5. The van der Waals surface area contributed by atoms with Crippen LogP contribution in [0.3, 0.4) is 0 Å². The minimum atomic E-state index is 0.0803. The minimum absolute atomic E-state index is 0.0803. The Morgan fingerprint density at radius 2 is 1.67 bits per heavy atom. The predicted molar refractivity (Wildman–Crippen MR) is 100 cm³/mol. The first kappa shape index (κ1) is 18.5. The molecule has 0 heterocycles. The summed E-state index contributed by atoms with van der Waals surface area (Å²) < 4.78 is 5.80. The lowest BCUT2D eigenvalue weighted by Gasteiger charge is -2.16. The van der Waals surface area contributed by atoms with Gasteiger partial charge in [-0.25, -0.2) is 0 Å². The third kappa shape index (κ3) is 5.68. The van der Waals surface area contributed by atoms with Crippen molar-refractivity contribution in [2.24, 2.45) is 5.92 Å². The maximum Gasteiger partial charge on any atom is 0.119 e. The standard InChI is InChI=1S/C22H30O2/c1-4-19(15-21-8-7-17(2)18(3)14-21)6-5-13-24-22-11-9-20(16-23)10-12-22/h7-12,14,19,23H,4-6,13,15-16H2,1-3H3/t19-/m0/s1. The molecule has 0 aliphatic carbocycles. The summed E-state index contributed by atoms with van der Waals surface area (Å²) in [6.45, 7) is 7.47. The van der Waals surface area contributed by atoms with E-state index in [1.807, 2.05) is 24.3 Å². The molecule has 2 aromatic carbocycles. The molecule has 130 valence electrons. The first-order valence-corrected chi connectivity index (χ1v) is 9.01. The van der Waals surface area contributed by atoms with E-state index in [0.29, 0.717) is 5.92 Å². The molecule has 0 aliphatic rings. The molecule has 2 aromatic rings. The van der Waals surface area contributed by atoms with Gasteiger partial charge in [0.15, 0.2) is 0 Å². The molecule has 0 bridgehead atoms. The lowest BCUT2D eigenvalue weighted by atomic mass is 9.91. The highest BCUT2D eigenvalue weighted by atomic mass is 16.5. The van der Waals surface area contributed by atoms with Crippen LogP contribution < -0.4 is 4.74 Å². The molecular formula is C22H30O2. The third-order valence-corrected chi connectivity index (χ3v) is 4.80. The van der Waals surface area contributed by atoms with Crippen molar-refractivity contribution < 1.29 is 9.84 Å². The Bertz CT molecular complexity index is 616. The van der Waals surface area contributed by atoms with E-state index < -0.39 is 0 Å². The summed E-state index contributed by atoms with van der Waals surface area (Å²) in [5, 5.41) is 9.04. The third-order valence-electron chi connectivity index (χ3n) is 4.80. The number of benzene rings is 2. The highest BCUT2D eigenvalue weighted by molar-refractivity contribution is 5.30. The average Bonchev–Trinajstić information content (AvgIpc) is 2.61. The van der Waals surface area contributed by atoms with Gasteiger partial charge < -0.3 is 9.84 Å². The zero-order chi connectivity index (χ0) is 17.4.